The number of piperazine rings is 1. The van der Waals surface area contributed by atoms with Crippen LogP contribution in [0, 0.1) is 0 Å². The van der Waals surface area contributed by atoms with Crippen LogP contribution in [0.2, 0.25) is 0 Å². The molecule has 0 aliphatic carbocycles. The maximum Gasteiger partial charge on any atom is 0.0108 e. The third kappa shape index (κ3) is 5.20. The number of hydrogen-bond acceptors (Lipinski definition) is 4. The van der Waals surface area contributed by atoms with Gasteiger partial charge in [-0.3, -0.25) is 4.90 Å². The molecule has 1 fully saturated rings. The SMILES string of the molecule is CC(CCN)SCCN1CCNCC1. The molecule has 0 amide bonds. The lowest BCUT2D eigenvalue weighted by Gasteiger charge is -2.27. The summed E-state index contributed by atoms with van der Waals surface area (Å²) in [5.74, 6) is 1.25. The summed E-state index contributed by atoms with van der Waals surface area (Å²) in [6, 6.07) is 0. The monoisotopic (exact) mass is 217 g/mol. The number of rotatable bonds is 6. The topological polar surface area (TPSA) is 41.3 Å². The zero-order valence-corrected chi connectivity index (χ0v) is 9.98. The van der Waals surface area contributed by atoms with E-state index < -0.39 is 0 Å². The molecular formula is C10H23N3S. The average molecular weight is 217 g/mol. The van der Waals surface area contributed by atoms with Gasteiger partial charge in [0, 0.05) is 43.7 Å². The van der Waals surface area contributed by atoms with Gasteiger partial charge in [-0.25, -0.2) is 0 Å². The first-order chi connectivity index (χ1) is 6.83. The van der Waals surface area contributed by atoms with Crippen LogP contribution in [0.3, 0.4) is 0 Å². The highest BCUT2D eigenvalue weighted by atomic mass is 32.2. The van der Waals surface area contributed by atoms with Crippen molar-refractivity contribution in [3.63, 3.8) is 0 Å². The molecule has 4 heteroatoms. The van der Waals surface area contributed by atoms with E-state index in [2.05, 4.69) is 28.9 Å². The van der Waals surface area contributed by atoms with Gasteiger partial charge in [-0.15, -0.1) is 0 Å². The number of nitrogens with one attached hydrogen (secondary N) is 1. The van der Waals surface area contributed by atoms with Crippen LogP contribution in [-0.4, -0.2) is 55.2 Å². The van der Waals surface area contributed by atoms with E-state index in [9.17, 15) is 0 Å². The molecule has 3 nitrogen and oxygen atoms in total. The Bertz CT molecular complexity index is 137. The molecule has 1 unspecified atom stereocenters. The molecule has 14 heavy (non-hydrogen) atoms. The molecule has 0 aromatic rings. The molecular weight excluding hydrogens is 194 g/mol. The van der Waals surface area contributed by atoms with E-state index in [0.29, 0.717) is 0 Å². The Morgan fingerprint density at radius 2 is 2.14 bits per heavy atom. The Morgan fingerprint density at radius 3 is 2.79 bits per heavy atom. The second kappa shape index (κ2) is 7.51. The van der Waals surface area contributed by atoms with E-state index in [1.807, 2.05) is 0 Å². The first-order valence-electron chi connectivity index (χ1n) is 5.57. The van der Waals surface area contributed by atoms with E-state index in [1.165, 1.54) is 25.4 Å². The minimum absolute atomic E-state index is 0.725. The summed E-state index contributed by atoms with van der Waals surface area (Å²) in [4.78, 5) is 2.54. The van der Waals surface area contributed by atoms with Crippen LogP contribution in [0.1, 0.15) is 13.3 Å². The summed E-state index contributed by atoms with van der Waals surface area (Å²) < 4.78 is 0. The van der Waals surface area contributed by atoms with Gasteiger partial charge in [0.1, 0.15) is 0 Å². The molecule has 1 aliphatic rings. The van der Waals surface area contributed by atoms with Crippen molar-refractivity contribution in [1.82, 2.24) is 10.2 Å². The van der Waals surface area contributed by atoms with Crippen molar-refractivity contribution < 1.29 is 0 Å². The second-order valence-corrected chi connectivity index (χ2v) is 5.40. The molecule has 84 valence electrons. The lowest BCUT2D eigenvalue weighted by molar-refractivity contribution is 0.255. The third-order valence-electron chi connectivity index (χ3n) is 2.59. The van der Waals surface area contributed by atoms with Gasteiger partial charge in [-0.05, 0) is 13.0 Å². The van der Waals surface area contributed by atoms with Gasteiger partial charge >= 0.3 is 0 Å². The molecule has 0 saturated carbocycles. The van der Waals surface area contributed by atoms with Gasteiger partial charge in [0.15, 0.2) is 0 Å². The van der Waals surface area contributed by atoms with E-state index in [0.717, 1.165) is 31.3 Å². The number of thioether (sulfide) groups is 1. The molecule has 0 spiro atoms. The van der Waals surface area contributed by atoms with Crippen LogP contribution < -0.4 is 11.1 Å². The molecule has 1 atom stereocenters. The van der Waals surface area contributed by atoms with E-state index in [1.54, 1.807) is 0 Å². The lowest BCUT2D eigenvalue weighted by atomic mass is 10.3. The van der Waals surface area contributed by atoms with Crippen LogP contribution in [0.15, 0.2) is 0 Å². The minimum atomic E-state index is 0.725. The average Bonchev–Trinajstić information content (AvgIpc) is 2.20. The minimum Gasteiger partial charge on any atom is -0.330 e. The lowest BCUT2D eigenvalue weighted by Crippen LogP contribution is -2.44. The zero-order chi connectivity index (χ0) is 10.2. The summed E-state index contributed by atoms with van der Waals surface area (Å²) in [5.41, 5.74) is 5.51. The standard InChI is InChI=1S/C10H23N3S/c1-10(2-3-11)14-9-8-13-6-4-12-5-7-13/h10,12H,2-9,11H2,1H3. The van der Waals surface area contributed by atoms with E-state index >= 15 is 0 Å². The Kier molecular flexibility index (Phi) is 6.60. The Labute approximate surface area is 91.8 Å². The van der Waals surface area contributed by atoms with Crippen LogP contribution in [-0.2, 0) is 0 Å². The van der Waals surface area contributed by atoms with Gasteiger partial charge in [0.2, 0.25) is 0 Å². The second-order valence-electron chi connectivity index (χ2n) is 3.85. The first kappa shape index (κ1) is 12.3. The third-order valence-corrected chi connectivity index (χ3v) is 3.82. The smallest absolute Gasteiger partial charge is 0.0108 e. The van der Waals surface area contributed by atoms with Crippen molar-refractivity contribution in [2.45, 2.75) is 18.6 Å². The Balaban J connectivity index is 1.96. The van der Waals surface area contributed by atoms with Gasteiger partial charge in [-0.2, -0.15) is 11.8 Å². The number of hydrogen-bond donors (Lipinski definition) is 2. The summed E-state index contributed by atoms with van der Waals surface area (Å²) in [5, 5.41) is 4.09. The normalized spacial score (nSPS) is 21.0. The number of nitrogens with zero attached hydrogens (tertiary/aromatic N) is 1. The highest BCUT2D eigenvalue weighted by Gasteiger charge is 2.09. The highest BCUT2D eigenvalue weighted by Crippen LogP contribution is 2.13. The first-order valence-corrected chi connectivity index (χ1v) is 6.62. The van der Waals surface area contributed by atoms with Gasteiger partial charge in [0.05, 0.1) is 0 Å². The molecule has 0 radical (unpaired) electrons. The summed E-state index contributed by atoms with van der Waals surface area (Å²) in [6.45, 7) is 9.07. The fourth-order valence-corrected chi connectivity index (χ4v) is 2.70. The van der Waals surface area contributed by atoms with Crippen LogP contribution in [0.25, 0.3) is 0 Å². The summed E-state index contributed by atoms with van der Waals surface area (Å²) >= 11 is 2.05. The summed E-state index contributed by atoms with van der Waals surface area (Å²) in [6.07, 6.45) is 1.15. The molecule has 1 heterocycles. The fraction of sp³-hybridized carbons (Fsp3) is 1.00. The molecule has 0 bridgehead atoms. The molecule has 3 N–H and O–H groups in total. The molecule has 1 aliphatic heterocycles. The zero-order valence-electron chi connectivity index (χ0n) is 9.17. The van der Waals surface area contributed by atoms with Crippen molar-refractivity contribution in [3.05, 3.63) is 0 Å². The largest absolute Gasteiger partial charge is 0.330 e. The van der Waals surface area contributed by atoms with E-state index in [-0.39, 0.29) is 0 Å². The van der Waals surface area contributed by atoms with Crippen molar-refractivity contribution in [1.29, 1.82) is 0 Å². The van der Waals surface area contributed by atoms with Crippen molar-refractivity contribution in [2.24, 2.45) is 5.73 Å². The maximum atomic E-state index is 5.51. The molecule has 0 aromatic carbocycles. The van der Waals surface area contributed by atoms with Crippen LogP contribution >= 0.6 is 11.8 Å². The highest BCUT2D eigenvalue weighted by molar-refractivity contribution is 7.99. The van der Waals surface area contributed by atoms with Crippen LogP contribution in [0.5, 0.6) is 0 Å². The van der Waals surface area contributed by atoms with E-state index in [4.69, 9.17) is 5.73 Å². The Hall–Kier alpha value is 0.230. The molecule has 1 rings (SSSR count). The van der Waals surface area contributed by atoms with Crippen molar-refractivity contribution in [2.75, 3.05) is 45.0 Å². The number of nitrogens with two attached hydrogens (primary N) is 1. The molecule has 1 saturated heterocycles. The van der Waals surface area contributed by atoms with Crippen LogP contribution in [0.4, 0.5) is 0 Å². The summed E-state index contributed by atoms with van der Waals surface area (Å²) in [7, 11) is 0. The van der Waals surface area contributed by atoms with Gasteiger partial charge in [0.25, 0.3) is 0 Å². The van der Waals surface area contributed by atoms with Crippen molar-refractivity contribution in [3.8, 4) is 0 Å². The maximum absolute atomic E-state index is 5.51. The quantitative estimate of drug-likeness (QED) is 0.674. The van der Waals surface area contributed by atoms with Gasteiger partial charge in [-0.1, -0.05) is 6.92 Å². The van der Waals surface area contributed by atoms with Crippen molar-refractivity contribution >= 4 is 11.8 Å². The predicted molar refractivity (Wildman–Crippen MR) is 64.9 cm³/mol. The predicted octanol–water partition coefficient (Wildman–Crippen LogP) is 0.362. The Morgan fingerprint density at radius 1 is 1.43 bits per heavy atom. The van der Waals surface area contributed by atoms with Gasteiger partial charge < -0.3 is 11.1 Å². The molecule has 0 aromatic heterocycles. The fourth-order valence-electron chi connectivity index (χ4n) is 1.64.